The second-order valence-corrected chi connectivity index (χ2v) is 8.18. The highest BCUT2D eigenvalue weighted by Crippen LogP contribution is 2.64. The van der Waals surface area contributed by atoms with Crippen LogP contribution in [0, 0.1) is 17.3 Å². The van der Waals surface area contributed by atoms with E-state index >= 15 is 0 Å². The molecule has 0 spiro atoms. The molecule has 2 amide bonds. The second-order valence-electron chi connectivity index (χ2n) is 8.18. The van der Waals surface area contributed by atoms with E-state index < -0.39 is 41.4 Å². The summed E-state index contributed by atoms with van der Waals surface area (Å²) in [6, 6.07) is -2.77. The molecule has 3 N–H and O–H groups in total. The third-order valence-electron chi connectivity index (χ3n) is 5.37. The van der Waals surface area contributed by atoms with Crippen LogP contribution in [0.5, 0.6) is 0 Å². The van der Waals surface area contributed by atoms with Crippen LogP contribution in [-0.4, -0.2) is 63.0 Å². The number of aliphatic carboxylic acids is 1. The summed E-state index contributed by atoms with van der Waals surface area (Å²) in [5.41, 5.74) is -2.06. The first-order valence-corrected chi connectivity index (χ1v) is 8.04. The number of nitrogens with one attached hydrogen (secondary N) is 1. The molecule has 142 valence electrons. The van der Waals surface area contributed by atoms with E-state index in [0.29, 0.717) is 6.92 Å². The highest BCUT2D eigenvalue weighted by Gasteiger charge is 2.70. The van der Waals surface area contributed by atoms with E-state index in [2.05, 4.69) is 0 Å². The fraction of sp³-hybridized carbons (Fsp3) is 0.812. The van der Waals surface area contributed by atoms with Crippen molar-refractivity contribution in [3.8, 4) is 0 Å². The Hall–Kier alpha value is -1.77. The number of hydrogen-bond acceptors (Lipinski definition) is 4. The normalized spacial score (nSPS) is 29.0. The highest BCUT2D eigenvalue weighted by molar-refractivity contribution is 5.93. The molecule has 2 aliphatic rings. The number of amides is 2. The molecule has 1 aliphatic carbocycles. The molecule has 9 heteroatoms. The minimum Gasteiger partial charge on any atom is -0.480 e. The predicted octanol–water partition coefficient (Wildman–Crippen LogP) is 0.465. The Kier molecular flexibility index (Phi) is 4.39. The Morgan fingerprint density at radius 1 is 1.24 bits per heavy atom. The summed E-state index contributed by atoms with van der Waals surface area (Å²) >= 11 is 0. The van der Waals surface area contributed by atoms with Crippen LogP contribution in [0.3, 0.4) is 0 Å². The van der Waals surface area contributed by atoms with E-state index in [1.807, 2.05) is 19.2 Å². The molecule has 0 aromatic carbocycles. The number of aliphatic hydroxyl groups is 1. The van der Waals surface area contributed by atoms with Crippen LogP contribution in [0.15, 0.2) is 0 Å². The molecule has 0 aromatic heterocycles. The summed E-state index contributed by atoms with van der Waals surface area (Å²) in [6.07, 6.45) is 0. The highest BCUT2D eigenvalue weighted by atomic mass is 19.3. The number of alkyl halides is 2. The zero-order valence-corrected chi connectivity index (χ0v) is 14.8. The summed E-state index contributed by atoms with van der Waals surface area (Å²) < 4.78 is 26.3. The summed E-state index contributed by atoms with van der Waals surface area (Å²) in [7, 11) is 0. The number of carbonyl (C=O) groups excluding carboxylic acids is 2. The fourth-order valence-corrected chi connectivity index (χ4v) is 3.76. The lowest BCUT2D eigenvalue weighted by molar-refractivity contribution is -0.157. The Morgan fingerprint density at radius 2 is 1.76 bits per heavy atom. The van der Waals surface area contributed by atoms with E-state index in [0.717, 1.165) is 4.90 Å². The van der Waals surface area contributed by atoms with Gasteiger partial charge in [0.2, 0.25) is 5.91 Å². The first-order chi connectivity index (χ1) is 11.1. The van der Waals surface area contributed by atoms with Gasteiger partial charge in [-0.25, -0.2) is 4.79 Å². The molecule has 0 aromatic rings. The Bertz CT molecular complexity index is 609. The maximum absolute atomic E-state index is 13.2. The molecular formula is C16H24F2N2O5. The third-order valence-corrected chi connectivity index (χ3v) is 5.37. The van der Waals surface area contributed by atoms with Crippen LogP contribution < -0.4 is 5.32 Å². The van der Waals surface area contributed by atoms with Crippen molar-refractivity contribution < 1.29 is 33.4 Å². The van der Waals surface area contributed by atoms with Crippen LogP contribution in [-0.2, 0) is 14.4 Å². The molecule has 2 rings (SSSR count). The van der Waals surface area contributed by atoms with Gasteiger partial charge in [0.25, 0.3) is 5.91 Å². The van der Waals surface area contributed by atoms with Gasteiger partial charge in [0, 0.05) is 19.4 Å². The molecule has 0 radical (unpaired) electrons. The number of rotatable bonds is 5. The van der Waals surface area contributed by atoms with Crippen LogP contribution in [0.25, 0.3) is 0 Å². The van der Waals surface area contributed by atoms with Gasteiger partial charge < -0.3 is 20.4 Å². The standard InChI is InChI=1S/C16H24F2N2O5/c1-14(2)7-6-20(9(8(7)14)12(22)23)11(21)10(15(3,4)25)19-13(24)16(5,17)18/h7-10,25H,6H2,1-5H3,(H,19,24)(H,22,23)/t7-,8-,9-,10+/m0/s1. The van der Waals surface area contributed by atoms with Crippen molar-refractivity contribution in [2.24, 2.45) is 17.3 Å². The Balaban J connectivity index is 2.26. The molecular weight excluding hydrogens is 338 g/mol. The minimum atomic E-state index is -3.73. The summed E-state index contributed by atoms with van der Waals surface area (Å²) in [5.74, 6) is -7.74. The molecule has 7 nitrogen and oxygen atoms in total. The summed E-state index contributed by atoms with van der Waals surface area (Å²) in [6.45, 7) is 6.74. The Labute approximate surface area is 144 Å². The summed E-state index contributed by atoms with van der Waals surface area (Å²) in [5, 5.41) is 21.5. The van der Waals surface area contributed by atoms with Crippen LogP contribution in [0.4, 0.5) is 8.78 Å². The lowest BCUT2D eigenvalue weighted by Crippen LogP contribution is -2.62. The number of halogens is 2. The van der Waals surface area contributed by atoms with Crippen molar-refractivity contribution in [3.63, 3.8) is 0 Å². The first-order valence-electron chi connectivity index (χ1n) is 8.04. The fourth-order valence-electron chi connectivity index (χ4n) is 3.76. The third kappa shape index (κ3) is 3.33. The second kappa shape index (κ2) is 5.62. The average molecular weight is 362 g/mol. The number of carboxylic acid groups (broad SMARTS) is 1. The molecule has 1 saturated carbocycles. The quantitative estimate of drug-likeness (QED) is 0.659. The van der Waals surface area contributed by atoms with Crippen molar-refractivity contribution in [2.75, 3.05) is 6.54 Å². The number of hydrogen-bond donors (Lipinski definition) is 3. The smallest absolute Gasteiger partial charge is 0.326 e. The van der Waals surface area contributed by atoms with Crippen LogP contribution in [0.2, 0.25) is 0 Å². The number of likely N-dealkylation sites (tertiary alicyclic amines) is 1. The maximum Gasteiger partial charge on any atom is 0.326 e. The van der Waals surface area contributed by atoms with E-state index in [4.69, 9.17) is 0 Å². The minimum absolute atomic E-state index is 0.0108. The van der Waals surface area contributed by atoms with E-state index in [1.54, 1.807) is 0 Å². The number of carboxylic acids is 1. The largest absolute Gasteiger partial charge is 0.480 e. The van der Waals surface area contributed by atoms with Crippen molar-refractivity contribution in [1.29, 1.82) is 0 Å². The van der Waals surface area contributed by atoms with Gasteiger partial charge in [0.05, 0.1) is 5.60 Å². The van der Waals surface area contributed by atoms with E-state index in [9.17, 15) is 33.4 Å². The molecule has 0 unspecified atom stereocenters. The van der Waals surface area contributed by atoms with Crippen molar-refractivity contribution >= 4 is 17.8 Å². The van der Waals surface area contributed by atoms with Gasteiger partial charge in [-0.2, -0.15) is 8.78 Å². The van der Waals surface area contributed by atoms with Gasteiger partial charge >= 0.3 is 11.9 Å². The Morgan fingerprint density at radius 3 is 2.16 bits per heavy atom. The van der Waals surface area contributed by atoms with Crippen molar-refractivity contribution in [1.82, 2.24) is 10.2 Å². The van der Waals surface area contributed by atoms with Gasteiger partial charge in [0.1, 0.15) is 12.1 Å². The zero-order chi connectivity index (χ0) is 19.5. The monoisotopic (exact) mass is 362 g/mol. The number of piperidine rings is 1. The molecule has 1 aliphatic heterocycles. The van der Waals surface area contributed by atoms with Crippen molar-refractivity contribution in [2.45, 2.75) is 58.2 Å². The number of fused-ring (bicyclic) bond motifs is 1. The molecule has 1 saturated heterocycles. The number of nitrogens with zero attached hydrogens (tertiary/aromatic N) is 1. The van der Waals surface area contributed by atoms with Gasteiger partial charge in [-0.1, -0.05) is 13.8 Å². The van der Waals surface area contributed by atoms with E-state index in [-0.39, 0.29) is 23.8 Å². The lowest BCUT2D eigenvalue weighted by Gasteiger charge is -2.36. The zero-order valence-electron chi connectivity index (χ0n) is 14.8. The molecule has 2 fully saturated rings. The first kappa shape index (κ1) is 19.6. The molecule has 25 heavy (non-hydrogen) atoms. The number of carbonyl (C=O) groups is 3. The molecule has 4 atom stereocenters. The van der Waals surface area contributed by atoms with Gasteiger partial charge in [-0.15, -0.1) is 0 Å². The summed E-state index contributed by atoms with van der Waals surface area (Å²) in [4.78, 5) is 37.1. The van der Waals surface area contributed by atoms with E-state index in [1.165, 1.54) is 13.8 Å². The van der Waals surface area contributed by atoms with Gasteiger partial charge in [0.15, 0.2) is 0 Å². The predicted molar refractivity (Wildman–Crippen MR) is 82.7 cm³/mol. The van der Waals surface area contributed by atoms with Crippen LogP contribution >= 0.6 is 0 Å². The van der Waals surface area contributed by atoms with Crippen molar-refractivity contribution in [3.05, 3.63) is 0 Å². The maximum atomic E-state index is 13.2. The molecule has 1 heterocycles. The van der Waals surface area contributed by atoms with Gasteiger partial charge in [-0.3, -0.25) is 9.59 Å². The lowest BCUT2D eigenvalue weighted by atomic mass is 9.94. The average Bonchev–Trinajstić information content (AvgIpc) is 2.82. The van der Waals surface area contributed by atoms with Gasteiger partial charge in [-0.05, 0) is 25.2 Å². The SMILES string of the molecule is CC(F)(F)C(=O)N[C@H](C(=O)N1C[C@H]2[C@@H]([C@H]1C(=O)O)C2(C)C)C(C)(C)O. The topological polar surface area (TPSA) is 107 Å². The van der Waals surface area contributed by atoms with Crippen LogP contribution in [0.1, 0.15) is 34.6 Å². The molecule has 0 bridgehead atoms.